The molecule has 0 spiro atoms. The van der Waals surface area contributed by atoms with Gasteiger partial charge in [-0.3, -0.25) is 0 Å². The molecule has 0 aliphatic heterocycles. The van der Waals surface area contributed by atoms with E-state index in [1.54, 1.807) is 0 Å². The number of hydrogen-bond acceptors (Lipinski definition) is 1. The maximum absolute atomic E-state index is 11.3. The fourth-order valence-electron chi connectivity index (χ4n) is 8.95. The van der Waals surface area contributed by atoms with E-state index in [2.05, 4.69) is 59.8 Å². The minimum Gasteiger partial charge on any atom is -0.389 e. The quantitative estimate of drug-likeness (QED) is 0.472. The molecule has 0 bridgehead atoms. The van der Waals surface area contributed by atoms with E-state index < -0.39 is 0 Å². The average molecular weight is 413 g/mol. The lowest BCUT2D eigenvalue weighted by molar-refractivity contribution is -0.0881. The molecule has 4 aliphatic carbocycles. The van der Waals surface area contributed by atoms with Crippen molar-refractivity contribution in [2.75, 3.05) is 0 Å². The Hall–Kier alpha value is -0.560. The summed E-state index contributed by atoms with van der Waals surface area (Å²) in [4.78, 5) is 0. The highest BCUT2D eigenvalue weighted by Crippen LogP contribution is 2.66. The predicted octanol–water partition coefficient (Wildman–Crippen LogP) is 7.80. The third kappa shape index (κ3) is 3.56. The smallest absolute Gasteiger partial charge is 0.0760 e. The molecule has 30 heavy (non-hydrogen) atoms. The second-order valence-electron chi connectivity index (χ2n) is 12.5. The van der Waals surface area contributed by atoms with E-state index >= 15 is 0 Å². The molecule has 2 saturated carbocycles. The molecule has 0 amide bonds. The molecule has 1 unspecified atom stereocenters. The first-order valence-electron chi connectivity index (χ1n) is 13.3. The Balaban J connectivity index is 1.52. The minimum absolute atomic E-state index is 0.232. The Morgan fingerprint density at radius 1 is 1.03 bits per heavy atom. The summed E-state index contributed by atoms with van der Waals surface area (Å²) in [6.07, 6.45) is 18.7. The van der Waals surface area contributed by atoms with Gasteiger partial charge in [0.1, 0.15) is 0 Å². The molecule has 4 aliphatic rings. The van der Waals surface area contributed by atoms with Crippen molar-refractivity contribution in [2.24, 2.45) is 52.3 Å². The van der Waals surface area contributed by atoms with Crippen LogP contribution in [0, 0.1) is 52.3 Å². The predicted molar refractivity (Wildman–Crippen MR) is 128 cm³/mol. The van der Waals surface area contributed by atoms with Gasteiger partial charge in [0.2, 0.25) is 0 Å². The molecule has 2 fully saturated rings. The second kappa shape index (κ2) is 8.42. The summed E-state index contributed by atoms with van der Waals surface area (Å²) < 4.78 is 0. The van der Waals surface area contributed by atoms with Gasteiger partial charge in [-0.25, -0.2) is 0 Å². The molecular formula is C29H48O. The lowest BCUT2D eigenvalue weighted by atomic mass is 9.47. The van der Waals surface area contributed by atoms with Crippen LogP contribution < -0.4 is 0 Å². The van der Waals surface area contributed by atoms with Gasteiger partial charge in [-0.1, -0.05) is 72.6 Å². The summed E-state index contributed by atoms with van der Waals surface area (Å²) in [5.41, 5.74) is 2.18. The second-order valence-corrected chi connectivity index (χ2v) is 12.5. The first kappa shape index (κ1) is 22.6. The zero-order valence-corrected chi connectivity index (χ0v) is 20.7. The van der Waals surface area contributed by atoms with Crippen LogP contribution in [0.3, 0.4) is 0 Å². The van der Waals surface area contributed by atoms with E-state index in [-0.39, 0.29) is 6.10 Å². The highest BCUT2D eigenvalue weighted by Gasteiger charge is 2.60. The van der Waals surface area contributed by atoms with Crippen LogP contribution in [0.5, 0.6) is 0 Å². The van der Waals surface area contributed by atoms with Crippen LogP contribution in [-0.2, 0) is 0 Å². The molecule has 0 radical (unpaired) electrons. The van der Waals surface area contributed by atoms with Gasteiger partial charge in [-0.15, -0.1) is 0 Å². The topological polar surface area (TPSA) is 20.2 Å². The number of aliphatic hydroxyl groups excluding tert-OH is 1. The van der Waals surface area contributed by atoms with Crippen molar-refractivity contribution < 1.29 is 5.11 Å². The van der Waals surface area contributed by atoms with E-state index in [1.807, 2.05) is 0 Å². The highest BCUT2D eigenvalue weighted by molar-refractivity contribution is 5.35. The number of rotatable bonds is 6. The number of aliphatic hydroxyl groups is 1. The van der Waals surface area contributed by atoms with Gasteiger partial charge in [0, 0.05) is 0 Å². The van der Waals surface area contributed by atoms with E-state index in [9.17, 15) is 5.11 Å². The van der Waals surface area contributed by atoms with E-state index in [1.165, 1.54) is 63.4 Å². The van der Waals surface area contributed by atoms with Crippen LogP contribution >= 0.6 is 0 Å². The van der Waals surface area contributed by atoms with Crippen molar-refractivity contribution in [1.82, 2.24) is 0 Å². The normalized spacial score (nSPS) is 44.8. The molecule has 1 N–H and O–H groups in total. The maximum atomic E-state index is 11.3. The molecule has 0 aromatic carbocycles. The molecule has 0 saturated heterocycles. The molecule has 170 valence electrons. The Morgan fingerprint density at radius 3 is 2.50 bits per heavy atom. The van der Waals surface area contributed by atoms with Gasteiger partial charge in [-0.05, 0) is 103 Å². The van der Waals surface area contributed by atoms with Crippen LogP contribution in [-0.4, -0.2) is 11.2 Å². The van der Waals surface area contributed by atoms with E-state index in [4.69, 9.17) is 0 Å². The Kier molecular flexibility index (Phi) is 6.35. The van der Waals surface area contributed by atoms with Crippen molar-refractivity contribution >= 4 is 0 Å². The standard InChI is InChI=1S/C29H48O/c1-7-21(19(2)3)12-11-20(4)23-13-14-24-27-25(15-17-29(23,24)6)28(5)16-9-8-10-22(28)18-26(27)30/h8,10,18-21,23-27,30H,7,9,11-17H2,1-6H3/t20-,21-,23-,24+,25+,26?,27+,28+,29-/m1/s1. The van der Waals surface area contributed by atoms with Gasteiger partial charge >= 0.3 is 0 Å². The summed E-state index contributed by atoms with van der Waals surface area (Å²) in [6.45, 7) is 14.9. The summed E-state index contributed by atoms with van der Waals surface area (Å²) in [7, 11) is 0. The lowest BCUT2D eigenvalue weighted by Gasteiger charge is -2.58. The first-order chi connectivity index (χ1) is 14.2. The molecule has 0 aromatic heterocycles. The van der Waals surface area contributed by atoms with Crippen molar-refractivity contribution in [3.63, 3.8) is 0 Å². The number of allylic oxidation sites excluding steroid dienone is 3. The Bertz CT molecular complexity index is 674. The van der Waals surface area contributed by atoms with Crippen molar-refractivity contribution in [3.05, 3.63) is 23.8 Å². The molecule has 4 rings (SSSR count). The number of hydrogen-bond donors (Lipinski definition) is 1. The molecule has 0 aromatic rings. The zero-order chi connectivity index (χ0) is 21.7. The number of fused-ring (bicyclic) bond motifs is 5. The van der Waals surface area contributed by atoms with Gasteiger partial charge in [0.15, 0.2) is 0 Å². The third-order valence-electron chi connectivity index (χ3n) is 10.9. The van der Waals surface area contributed by atoms with Crippen molar-refractivity contribution in [3.8, 4) is 0 Å². The van der Waals surface area contributed by atoms with Crippen molar-refractivity contribution in [2.45, 2.75) is 105 Å². The molecule has 0 heterocycles. The van der Waals surface area contributed by atoms with Gasteiger partial charge < -0.3 is 5.11 Å². The minimum atomic E-state index is -0.232. The molecule has 1 nitrogen and oxygen atoms in total. The summed E-state index contributed by atoms with van der Waals surface area (Å²) in [6, 6.07) is 0. The van der Waals surface area contributed by atoms with Crippen molar-refractivity contribution in [1.29, 1.82) is 0 Å². The third-order valence-corrected chi connectivity index (χ3v) is 10.9. The fraction of sp³-hybridized carbons (Fsp3) is 0.862. The van der Waals surface area contributed by atoms with Gasteiger partial charge in [-0.2, -0.15) is 0 Å². The lowest BCUT2D eigenvalue weighted by Crippen LogP contribution is -2.53. The van der Waals surface area contributed by atoms with Crippen LogP contribution in [0.4, 0.5) is 0 Å². The van der Waals surface area contributed by atoms with E-state index in [0.717, 1.165) is 23.7 Å². The summed E-state index contributed by atoms with van der Waals surface area (Å²) >= 11 is 0. The Morgan fingerprint density at radius 2 is 1.80 bits per heavy atom. The fourth-order valence-corrected chi connectivity index (χ4v) is 8.95. The van der Waals surface area contributed by atoms with E-state index in [0.29, 0.717) is 28.6 Å². The zero-order valence-electron chi connectivity index (χ0n) is 20.7. The Labute approximate surface area is 186 Å². The van der Waals surface area contributed by atoms with Gasteiger partial charge in [0.05, 0.1) is 6.10 Å². The largest absolute Gasteiger partial charge is 0.389 e. The monoisotopic (exact) mass is 412 g/mol. The molecule has 9 atom stereocenters. The average Bonchev–Trinajstić information content (AvgIpc) is 3.05. The highest BCUT2D eigenvalue weighted by atomic mass is 16.3. The molecular weight excluding hydrogens is 364 g/mol. The van der Waals surface area contributed by atoms with Crippen LogP contribution in [0.25, 0.3) is 0 Å². The first-order valence-corrected chi connectivity index (χ1v) is 13.3. The maximum Gasteiger partial charge on any atom is 0.0760 e. The van der Waals surface area contributed by atoms with Crippen LogP contribution in [0.1, 0.15) is 99.3 Å². The van der Waals surface area contributed by atoms with Crippen LogP contribution in [0.15, 0.2) is 23.8 Å². The SMILES string of the molecule is CC[C@H](CC[C@@H](C)[C@H]1CC[C@H]2[C@@H]3C(O)C=C4C=CCC[C@]4(C)[C@H]3CC[C@]12C)C(C)C. The summed E-state index contributed by atoms with van der Waals surface area (Å²) in [5, 5.41) is 11.3. The molecule has 1 heteroatoms. The van der Waals surface area contributed by atoms with Crippen LogP contribution in [0.2, 0.25) is 0 Å². The summed E-state index contributed by atoms with van der Waals surface area (Å²) in [5.74, 6) is 5.25. The van der Waals surface area contributed by atoms with Gasteiger partial charge in [0.25, 0.3) is 0 Å².